The van der Waals surface area contributed by atoms with Crippen LogP contribution in [0.4, 0.5) is 30.7 Å². The third-order valence-corrected chi connectivity index (χ3v) is 8.09. The van der Waals surface area contributed by atoms with Gasteiger partial charge in [0.25, 0.3) is 5.91 Å². The van der Waals surface area contributed by atoms with Crippen molar-refractivity contribution in [3.8, 4) is 0 Å². The smallest absolute Gasteiger partial charge is 0.349 e. The number of sulfone groups is 1. The van der Waals surface area contributed by atoms with Crippen LogP contribution in [0.3, 0.4) is 0 Å². The Hall–Kier alpha value is -2.63. The lowest BCUT2D eigenvalue weighted by atomic mass is 9.94. The molecule has 1 fully saturated rings. The highest BCUT2D eigenvalue weighted by Gasteiger charge is 2.37. The lowest BCUT2D eigenvalue weighted by Gasteiger charge is -2.29. The lowest BCUT2D eigenvalue weighted by Crippen LogP contribution is -2.40. The zero-order valence-corrected chi connectivity index (χ0v) is 18.5. The number of aryl methyl sites for hydroxylation is 1. The van der Waals surface area contributed by atoms with Crippen LogP contribution in [0, 0.1) is 12.7 Å². The molecule has 1 saturated carbocycles. The van der Waals surface area contributed by atoms with Crippen LogP contribution in [0.25, 0.3) is 0 Å². The number of benzene rings is 2. The number of amides is 1. The summed E-state index contributed by atoms with van der Waals surface area (Å²) in [5.41, 5.74) is -3.12. The number of hydrogen-bond donors (Lipinski definition) is 1. The van der Waals surface area contributed by atoms with Gasteiger partial charge in [-0.25, -0.2) is 12.8 Å². The van der Waals surface area contributed by atoms with Gasteiger partial charge in [-0.05, 0) is 68.5 Å². The van der Waals surface area contributed by atoms with Gasteiger partial charge >= 0.3 is 12.4 Å². The van der Waals surface area contributed by atoms with Crippen LogP contribution in [0.1, 0.15) is 52.7 Å². The molecule has 1 aliphatic rings. The number of carbonyl (C=O) groups excluding carboxylic acids is 1. The lowest BCUT2D eigenvalue weighted by molar-refractivity contribution is -0.140. The minimum atomic E-state index is -4.98. The molecule has 186 valence electrons. The molecule has 0 saturated heterocycles. The molecule has 1 amide bonds. The maximum atomic E-state index is 13.4. The highest BCUT2D eigenvalue weighted by molar-refractivity contribution is 7.92. The Morgan fingerprint density at radius 1 is 0.882 bits per heavy atom. The molecule has 0 atom stereocenters. The quantitative estimate of drug-likeness (QED) is 0.537. The Kier molecular flexibility index (Phi) is 7.03. The van der Waals surface area contributed by atoms with E-state index in [1.54, 1.807) is 0 Å². The third kappa shape index (κ3) is 5.53. The van der Waals surface area contributed by atoms with Gasteiger partial charge in [-0.2, -0.15) is 26.3 Å². The first kappa shape index (κ1) is 26.0. The normalized spacial score (nSPS) is 19.6. The van der Waals surface area contributed by atoms with Crippen LogP contribution >= 0.6 is 0 Å². The first-order valence-corrected chi connectivity index (χ1v) is 11.7. The number of halogens is 7. The molecule has 0 bridgehead atoms. The molecule has 0 radical (unpaired) electrons. The average molecular weight is 511 g/mol. The molecule has 2 aromatic rings. The summed E-state index contributed by atoms with van der Waals surface area (Å²) in [5, 5.41) is 1.54. The molecule has 0 aromatic heterocycles. The van der Waals surface area contributed by atoms with E-state index in [0.717, 1.165) is 18.2 Å². The molecule has 2 aromatic carbocycles. The maximum absolute atomic E-state index is 13.4. The molecule has 0 spiro atoms. The predicted molar refractivity (Wildman–Crippen MR) is 108 cm³/mol. The van der Waals surface area contributed by atoms with Crippen molar-refractivity contribution in [3.05, 3.63) is 64.5 Å². The van der Waals surface area contributed by atoms with Gasteiger partial charge in [0.05, 0.1) is 21.3 Å². The van der Waals surface area contributed by atoms with E-state index < -0.39 is 66.8 Å². The van der Waals surface area contributed by atoms with Gasteiger partial charge in [-0.3, -0.25) is 4.79 Å². The second-order valence-electron chi connectivity index (χ2n) is 8.16. The monoisotopic (exact) mass is 511 g/mol. The Morgan fingerprint density at radius 3 is 2.03 bits per heavy atom. The summed E-state index contributed by atoms with van der Waals surface area (Å²) in [6, 6.07) is 4.13. The zero-order valence-electron chi connectivity index (χ0n) is 17.7. The third-order valence-electron chi connectivity index (χ3n) is 5.83. The van der Waals surface area contributed by atoms with Crippen molar-refractivity contribution in [1.82, 2.24) is 5.32 Å². The summed E-state index contributed by atoms with van der Waals surface area (Å²) < 4.78 is 117. The summed E-state index contributed by atoms with van der Waals surface area (Å²) >= 11 is 0. The van der Waals surface area contributed by atoms with Crippen LogP contribution < -0.4 is 5.32 Å². The van der Waals surface area contributed by atoms with Crippen LogP contribution in [-0.4, -0.2) is 25.6 Å². The van der Waals surface area contributed by atoms with Crippen molar-refractivity contribution < 1.29 is 43.9 Å². The second-order valence-corrected chi connectivity index (χ2v) is 10.4. The van der Waals surface area contributed by atoms with E-state index in [-0.39, 0.29) is 31.2 Å². The van der Waals surface area contributed by atoms with E-state index in [9.17, 15) is 43.9 Å². The van der Waals surface area contributed by atoms with Gasteiger partial charge < -0.3 is 5.32 Å². The van der Waals surface area contributed by atoms with Crippen LogP contribution in [-0.2, 0) is 22.2 Å². The summed E-state index contributed by atoms with van der Waals surface area (Å²) in [6.45, 7) is 1.23. The minimum absolute atomic E-state index is 0.0414. The number of alkyl halides is 6. The van der Waals surface area contributed by atoms with E-state index in [0.29, 0.717) is 18.2 Å². The van der Waals surface area contributed by atoms with Gasteiger partial charge in [-0.1, -0.05) is 6.07 Å². The van der Waals surface area contributed by atoms with Crippen molar-refractivity contribution in [2.24, 2.45) is 0 Å². The molecule has 1 N–H and O–H groups in total. The standard InChI is InChI=1S/C22H20F7NO3S/c1-12-2-6-16(11-17(12)21(24,25)26)34(32,33)15-7-4-14(5-8-15)30-20(31)13-3-9-19(23)18(10-13)22(27,28)29/h2-3,6,9-11,14-15H,4-5,7-8H2,1H3,(H,30,31). The van der Waals surface area contributed by atoms with Gasteiger partial charge in [0.1, 0.15) is 5.82 Å². The number of carbonyl (C=O) groups is 1. The summed E-state index contributed by atoms with van der Waals surface area (Å²) in [6.07, 6.45) is -9.29. The first-order chi connectivity index (χ1) is 15.6. The van der Waals surface area contributed by atoms with Crippen LogP contribution in [0.5, 0.6) is 0 Å². The predicted octanol–water partition coefficient (Wildman–Crippen LogP) is 5.69. The second kappa shape index (κ2) is 9.20. The maximum Gasteiger partial charge on any atom is 0.419 e. The highest BCUT2D eigenvalue weighted by Crippen LogP contribution is 2.36. The molecule has 0 aliphatic heterocycles. The number of nitrogens with one attached hydrogen (secondary N) is 1. The topological polar surface area (TPSA) is 63.2 Å². The van der Waals surface area contributed by atoms with Crippen LogP contribution in [0.2, 0.25) is 0 Å². The van der Waals surface area contributed by atoms with Crippen LogP contribution in [0.15, 0.2) is 41.3 Å². The molecule has 4 nitrogen and oxygen atoms in total. The Bertz CT molecular complexity index is 1180. The molecular formula is C22H20F7NO3S. The van der Waals surface area contributed by atoms with E-state index in [2.05, 4.69) is 5.32 Å². The SMILES string of the molecule is Cc1ccc(S(=O)(=O)C2CCC(NC(=O)c3ccc(F)c(C(F)(F)F)c3)CC2)cc1C(F)(F)F. The Morgan fingerprint density at radius 2 is 1.47 bits per heavy atom. The summed E-state index contributed by atoms with van der Waals surface area (Å²) in [5.74, 6) is -2.38. The molecular weight excluding hydrogens is 491 g/mol. The van der Waals surface area contributed by atoms with Gasteiger partial charge in [0, 0.05) is 11.6 Å². The number of hydrogen-bond acceptors (Lipinski definition) is 3. The molecule has 34 heavy (non-hydrogen) atoms. The zero-order chi connectivity index (χ0) is 25.5. The highest BCUT2D eigenvalue weighted by atomic mass is 32.2. The summed E-state index contributed by atoms with van der Waals surface area (Å²) in [4.78, 5) is 11.9. The fourth-order valence-corrected chi connectivity index (χ4v) is 5.76. The van der Waals surface area contributed by atoms with Gasteiger partial charge in [0.2, 0.25) is 0 Å². The van der Waals surface area contributed by atoms with Crippen molar-refractivity contribution in [1.29, 1.82) is 0 Å². The Labute approximate surface area is 191 Å². The van der Waals surface area contributed by atoms with E-state index in [4.69, 9.17) is 0 Å². The minimum Gasteiger partial charge on any atom is -0.349 e. The first-order valence-electron chi connectivity index (χ1n) is 10.2. The number of rotatable bonds is 4. The van der Waals surface area contributed by atoms with E-state index >= 15 is 0 Å². The van der Waals surface area contributed by atoms with Gasteiger partial charge in [-0.15, -0.1) is 0 Å². The van der Waals surface area contributed by atoms with E-state index in [1.165, 1.54) is 6.92 Å². The molecule has 0 heterocycles. The molecule has 1 aliphatic carbocycles. The van der Waals surface area contributed by atoms with Gasteiger partial charge in [0.15, 0.2) is 9.84 Å². The fraction of sp³-hybridized carbons (Fsp3) is 0.409. The molecule has 12 heteroatoms. The largest absolute Gasteiger partial charge is 0.419 e. The Balaban J connectivity index is 1.68. The molecule has 3 rings (SSSR count). The average Bonchev–Trinajstić information content (AvgIpc) is 2.73. The molecule has 0 unspecified atom stereocenters. The van der Waals surface area contributed by atoms with E-state index in [1.807, 2.05) is 0 Å². The van der Waals surface area contributed by atoms with Crippen molar-refractivity contribution >= 4 is 15.7 Å². The van der Waals surface area contributed by atoms with Crippen molar-refractivity contribution in [2.45, 2.75) is 61.1 Å². The summed E-state index contributed by atoms with van der Waals surface area (Å²) in [7, 11) is -4.07. The van der Waals surface area contributed by atoms with Crippen molar-refractivity contribution in [2.75, 3.05) is 0 Å². The van der Waals surface area contributed by atoms with Crippen molar-refractivity contribution in [3.63, 3.8) is 0 Å². The fourth-order valence-electron chi connectivity index (χ4n) is 3.95.